The number of rotatable bonds is 4. The lowest BCUT2D eigenvalue weighted by molar-refractivity contribution is 0.191. The maximum atomic E-state index is 11.9. The number of imide groups is 1. The minimum Gasteiger partial charge on any atom is -0.262 e. The van der Waals surface area contributed by atoms with E-state index >= 15 is 0 Å². The number of nitrogens with zero attached hydrogens (tertiary/aromatic N) is 2. The van der Waals surface area contributed by atoms with Crippen LogP contribution >= 0.6 is 0 Å². The van der Waals surface area contributed by atoms with Crippen LogP contribution in [0.5, 0.6) is 0 Å². The second kappa shape index (κ2) is 5.87. The molecule has 1 aromatic carbocycles. The van der Waals surface area contributed by atoms with Gasteiger partial charge >= 0.3 is 12.4 Å². The van der Waals surface area contributed by atoms with Gasteiger partial charge in [-0.15, -0.1) is 0 Å². The smallest absolute Gasteiger partial charge is 0.262 e. The number of nitrogens with one attached hydrogen (secondary N) is 1. The van der Waals surface area contributed by atoms with Gasteiger partial charge in [-0.1, -0.05) is 18.2 Å². The van der Waals surface area contributed by atoms with Crippen LogP contribution in [-0.2, 0) is 4.79 Å². The molecule has 5 nitrogen and oxygen atoms in total. The minimum absolute atomic E-state index is 0.453. The molecule has 85 valence electrons. The molecule has 0 aliphatic carbocycles. The van der Waals surface area contributed by atoms with Gasteiger partial charge in [0.05, 0.1) is 5.69 Å². The number of hydrogen-bond acceptors (Lipinski definition) is 3. The number of hydrazine groups is 1. The van der Waals surface area contributed by atoms with Crippen LogP contribution in [0.25, 0.3) is 0 Å². The van der Waals surface area contributed by atoms with E-state index in [4.69, 9.17) is 0 Å². The Bertz CT molecular complexity index is 350. The molecule has 0 fully saturated rings. The Morgan fingerprint density at radius 2 is 2.00 bits per heavy atom. The van der Waals surface area contributed by atoms with E-state index in [-0.39, 0.29) is 0 Å². The molecule has 1 aromatic rings. The summed E-state index contributed by atoms with van der Waals surface area (Å²) in [6, 6.07) is 8.21. The van der Waals surface area contributed by atoms with Gasteiger partial charge in [0.25, 0.3) is 0 Å². The lowest BCUT2D eigenvalue weighted by atomic mass is 10.3. The second-order valence-corrected chi connectivity index (χ2v) is 3.01. The van der Waals surface area contributed by atoms with Crippen LogP contribution in [-0.4, -0.2) is 31.0 Å². The van der Waals surface area contributed by atoms with Crippen LogP contribution in [0, 0.1) is 0 Å². The van der Waals surface area contributed by atoms with Gasteiger partial charge in [-0.05, 0) is 19.1 Å². The quantitative estimate of drug-likeness (QED) is 0.611. The molecule has 0 atom stereocenters. The molecule has 16 heavy (non-hydrogen) atoms. The Morgan fingerprint density at radius 1 is 1.38 bits per heavy atom. The summed E-state index contributed by atoms with van der Waals surface area (Å²) in [5.74, 6) is 0. The van der Waals surface area contributed by atoms with Crippen molar-refractivity contribution >= 4 is 18.1 Å². The van der Waals surface area contributed by atoms with E-state index in [1.165, 1.54) is 5.01 Å². The van der Waals surface area contributed by atoms with E-state index in [0.717, 1.165) is 4.90 Å². The molecule has 0 aromatic heterocycles. The first-order valence-electron chi connectivity index (χ1n) is 4.96. The molecule has 1 rings (SSSR count). The maximum Gasteiger partial charge on any atom is 0.346 e. The van der Waals surface area contributed by atoms with Crippen LogP contribution in [0.4, 0.5) is 10.5 Å². The van der Waals surface area contributed by atoms with Gasteiger partial charge in [0.1, 0.15) is 0 Å². The van der Waals surface area contributed by atoms with Crippen molar-refractivity contribution < 1.29 is 9.59 Å². The first-order valence-corrected chi connectivity index (χ1v) is 4.96. The molecule has 0 aliphatic heterocycles. The third-order valence-corrected chi connectivity index (χ3v) is 2.11. The molecule has 0 heterocycles. The number of hydrogen-bond donors (Lipinski definition) is 1. The number of carbonyl (C=O) groups is 1. The van der Waals surface area contributed by atoms with Crippen molar-refractivity contribution in [3.63, 3.8) is 0 Å². The Kier molecular flexibility index (Phi) is 4.47. The zero-order chi connectivity index (χ0) is 12.0. The Hall–Kier alpha value is -1.88. The maximum absolute atomic E-state index is 11.9. The van der Waals surface area contributed by atoms with E-state index in [1.54, 1.807) is 37.7 Å². The topological polar surface area (TPSA) is 52.7 Å². The highest BCUT2D eigenvalue weighted by molar-refractivity contribution is 6.05. The average Bonchev–Trinajstić information content (AvgIpc) is 2.33. The second-order valence-electron chi connectivity index (χ2n) is 3.01. The molecule has 0 saturated carbocycles. The summed E-state index contributed by atoms with van der Waals surface area (Å²) >= 11 is 0. The average molecular weight is 220 g/mol. The third-order valence-electron chi connectivity index (χ3n) is 2.11. The Balaban J connectivity index is 2.91. The summed E-state index contributed by atoms with van der Waals surface area (Å²) in [5, 5.41) is 1.32. The number of benzene rings is 1. The summed E-state index contributed by atoms with van der Waals surface area (Å²) < 4.78 is 0. The fourth-order valence-electron chi connectivity index (χ4n) is 1.29. The molecule has 3 amide bonds. The van der Waals surface area contributed by atoms with Gasteiger partial charge in [-0.25, -0.2) is 15.1 Å². The van der Waals surface area contributed by atoms with Crippen LogP contribution in [0.15, 0.2) is 30.3 Å². The van der Waals surface area contributed by atoms with Crippen molar-refractivity contribution in [2.45, 2.75) is 6.92 Å². The molecule has 0 unspecified atom stereocenters. The summed E-state index contributed by atoms with van der Waals surface area (Å²) in [6.07, 6.45) is 1.62. The minimum atomic E-state index is -0.453. The number of carbonyl (C=O) groups excluding carboxylic acids is 2. The van der Waals surface area contributed by atoms with Crippen molar-refractivity contribution in [3.05, 3.63) is 30.3 Å². The highest BCUT2D eigenvalue weighted by atomic mass is 16.2. The third kappa shape index (κ3) is 2.58. The van der Waals surface area contributed by atoms with E-state index in [2.05, 4.69) is 5.43 Å². The van der Waals surface area contributed by atoms with Crippen LogP contribution < -0.4 is 10.3 Å². The first kappa shape index (κ1) is 12.2. The lowest BCUT2D eigenvalue weighted by Gasteiger charge is -2.24. The van der Waals surface area contributed by atoms with Crippen LogP contribution in [0.1, 0.15) is 6.92 Å². The highest BCUT2D eigenvalue weighted by Crippen LogP contribution is 2.12. The molecule has 1 N–H and O–H groups in total. The summed E-state index contributed by atoms with van der Waals surface area (Å²) in [4.78, 5) is 23.6. The number of amides is 3. The predicted molar refractivity (Wildman–Crippen MR) is 61.5 cm³/mol. The van der Waals surface area contributed by atoms with Gasteiger partial charge in [-0.2, -0.15) is 0 Å². The summed E-state index contributed by atoms with van der Waals surface area (Å²) in [5.41, 5.74) is 3.20. The molecule has 0 spiro atoms. The summed E-state index contributed by atoms with van der Waals surface area (Å²) in [7, 11) is 1.62. The highest BCUT2D eigenvalue weighted by Gasteiger charge is 2.20. The predicted octanol–water partition coefficient (Wildman–Crippen LogP) is 1.14. The van der Waals surface area contributed by atoms with Crippen LogP contribution in [0.3, 0.4) is 0 Å². The van der Waals surface area contributed by atoms with Gasteiger partial charge in [0, 0.05) is 13.6 Å². The Labute approximate surface area is 94.6 Å². The SMILES string of the molecule is CCN(NC)C(=O)N([C]=O)c1ccccc1. The fraction of sp³-hybridized carbons (Fsp3) is 0.273. The standard InChI is InChI=1S/C11H14N3O2/c1-3-14(12-2)11(16)13(9-15)10-7-5-4-6-8-10/h4-8,12H,3H2,1-2H3. The monoisotopic (exact) mass is 220 g/mol. The number of urea groups is 1. The van der Waals surface area contributed by atoms with Crippen molar-refractivity contribution in [2.24, 2.45) is 0 Å². The van der Waals surface area contributed by atoms with E-state index in [0.29, 0.717) is 12.2 Å². The Morgan fingerprint density at radius 3 is 2.44 bits per heavy atom. The van der Waals surface area contributed by atoms with E-state index in [1.807, 2.05) is 13.0 Å². The van der Waals surface area contributed by atoms with Crippen LogP contribution in [0.2, 0.25) is 0 Å². The number of para-hydroxylation sites is 1. The van der Waals surface area contributed by atoms with Crippen molar-refractivity contribution in [1.29, 1.82) is 0 Å². The molecular formula is C11H14N3O2. The van der Waals surface area contributed by atoms with Gasteiger partial charge in [0.2, 0.25) is 0 Å². The zero-order valence-corrected chi connectivity index (χ0v) is 9.30. The lowest BCUT2D eigenvalue weighted by Crippen LogP contribution is -2.48. The molecular weight excluding hydrogens is 206 g/mol. The van der Waals surface area contributed by atoms with Gasteiger partial charge in [0.15, 0.2) is 0 Å². The largest absolute Gasteiger partial charge is 0.346 e. The van der Waals surface area contributed by atoms with Gasteiger partial charge < -0.3 is 0 Å². The normalized spacial score (nSPS) is 9.62. The van der Waals surface area contributed by atoms with E-state index < -0.39 is 6.03 Å². The molecule has 1 radical (unpaired) electrons. The number of anilines is 1. The van der Waals surface area contributed by atoms with Gasteiger partial charge in [-0.3, -0.25) is 9.80 Å². The first-order chi connectivity index (χ1) is 7.74. The van der Waals surface area contributed by atoms with Crippen molar-refractivity contribution in [2.75, 3.05) is 18.5 Å². The van der Waals surface area contributed by atoms with Crippen molar-refractivity contribution in [3.8, 4) is 0 Å². The molecule has 0 bridgehead atoms. The fourth-order valence-corrected chi connectivity index (χ4v) is 1.29. The molecule has 0 aliphatic rings. The molecule has 5 heteroatoms. The van der Waals surface area contributed by atoms with E-state index in [9.17, 15) is 9.59 Å². The van der Waals surface area contributed by atoms with Crippen molar-refractivity contribution in [1.82, 2.24) is 10.4 Å². The molecule has 0 saturated heterocycles. The summed E-state index contributed by atoms with van der Waals surface area (Å²) in [6.45, 7) is 2.27. The zero-order valence-electron chi connectivity index (χ0n) is 9.30.